The Morgan fingerprint density at radius 3 is 2.56 bits per heavy atom. The summed E-state index contributed by atoms with van der Waals surface area (Å²) in [6.07, 6.45) is 6.15. The lowest BCUT2D eigenvalue weighted by atomic mass is 9.75. The van der Waals surface area contributed by atoms with Crippen molar-refractivity contribution in [1.82, 2.24) is 0 Å². The summed E-state index contributed by atoms with van der Waals surface area (Å²) in [5, 5.41) is 0.616. The topological polar surface area (TPSA) is 34.1 Å². The quantitative estimate of drug-likeness (QED) is 0.462. The Labute approximate surface area is 174 Å². The van der Waals surface area contributed by atoms with Crippen LogP contribution in [-0.4, -0.2) is 11.6 Å². The Balaban J connectivity index is 1.90. The summed E-state index contributed by atoms with van der Waals surface area (Å²) >= 11 is 9.48. The van der Waals surface area contributed by atoms with E-state index in [-0.39, 0.29) is 17.6 Å². The van der Waals surface area contributed by atoms with Crippen molar-refractivity contribution in [2.45, 2.75) is 50.9 Å². The summed E-state index contributed by atoms with van der Waals surface area (Å²) in [5.41, 5.74) is 1.71. The fourth-order valence-corrected chi connectivity index (χ4v) is 4.51. The molecule has 0 amide bonds. The molecule has 1 aliphatic rings. The van der Waals surface area contributed by atoms with Gasteiger partial charge in [0.15, 0.2) is 5.78 Å². The molecule has 4 heteroatoms. The van der Waals surface area contributed by atoms with E-state index >= 15 is 0 Å². The molecule has 1 saturated carbocycles. The number of carbonyl (C=O) groups is 2. The largest absolute Gasteiger partial charge is 0.299 e. The SMILES string of the molecule is O=C(C[C@@H](c1cccc(Br)c1)[C@@H]1CCCCCCC1=O)c1ccc(Cl)cc1. The van der Waals surface area contributed by atoms with Crippen LogP contribution in [0.15, 0.2) is 53.0 Å². The van der Waals surface area contributed by atoms with Gasteiger partial charge >= 0.3 is 0 Å². The first kappa shape index (κ1) is 20.3. The van der Waals surface area contributed by atoms with E-state index in [0.717, 1.165) is 35.7 Å². The van der Waals surface area contributed by atoms with Crippen LogP contribution in [0.1, 0.15) is 66.8 Å². The molecule has 0 heterocycles. The van der Waals surface area contributed by atoms with Gasteiger partial charge in [-0.3, -0.25) is 9.59 Å². The standard InChI is InChI=1S/C23H24BrClO2/c24-18-7-5-6-17(14-18)21(20-8-3-1-2-4-9-22(20)26)15-23(27)16-10-12-19(25)13-11-16/h5-7,10-14,20-21H,1-4,8-9,15H2/t20-,21-/m0/s1. The third-order valence-electron chi connectivity index (χ3n) is 5.44. The van der Waals surface area contributed by atoms with Crippen LogP contribution < -0.4 is 0 Å². The summed E-state index contributed by atoms with van der Waals surface area (Å²) in [5.74, 6) is 0.196. The van der Waals surface area contributed by atoms with Crippen molar-refractivity contribution in [2.24, 2.45) is 5.92 Å². The molecule has 2 aromatic carbocycles. The molecule has 2 atom stereocenters. The summed E-state index contributed by atoms with van der Waals surface area (Å²) < 4.78 is 0.974. The molecule has 2 nitrogen and oxygen atoms in total. The normalized spacial score (nSPS) is 19.2. The second kappa shape index (κ2) is 9.66. The summed E-state index contributed by atoms with van der Waals surface area (Å²) in [6.45, 7) is 0. The minimum atomic E-state index is -0.0872. The minimum Gasteiger partial charge on any atom is -0.299 e. The number of Topliss-reactive ketones (excluding diaryl/α,β-unsaturated/α-hetero) is 2. The van der Waals surface area contributed by atoms with E-state index in [2.05, 4.69) is 15.9 Å². The molecule has 3 rings (SSSR count). The third kappa shape index (κ3) is 5.52. The van der Waals surface area contributed by atoms with E-state index in [0.29, 0.717) is 29.2 Å². The van der Waals surface area contributed by atoms with Crippen LogP contribution in [0, 0.1) is 5.92 Å². The first-order valence-electron chi connectivity index (χ1n) is 9.61. The van der Waals surface area contributed by atoms with Crippen molar-refractivity contribution in [3.05, 3.63) is 69.2 Å². The zero-order valence-electron chi connectivity index (χ0n) is 15.3. The predicted octanol–water partition coefficient (Wildman–Crippen LogP) is 7.00. The Morgan fingerprint density at radius 1 is 1.07 bits per heavy atom. The van der Waals surface area contributed by atoms with Crippen LogP contribution in [-0.2, 0) is 4.79 Å². The Kier molecular flexibility index (Phi) is 7.26. The van der Waals surface area contributed by atoms with E-state index in [1.165, 1.54) is 6.42 Å². The number of halogens is 2. The van der Waals surface area contributed by atoms with E-state index in [4.69, 9.17) is 11.6 Å². The van der Waals surface area contributed by atoms with Crippen LogP contribution >= 0.6 is 27.5 Å². The lowest BCUT2D eigenvalue weighted by Gasteiger charge is -2.28. The highest BCUT2D eigenvalue weighted by molar-refractivity contribution is 9.10. The molecule has 27 heavy (non-hydrogen) atoms. The molecule has 1 aliphatic carbocycles. The van der Waals surface area contributed by atoms with Gasteiger partial charge in [0.1, 0.15) is 5.78 Å². The zero-order chi connectivity index (χ0) is 19.2. The van der Waals surface area contributed by atoms with Crippen LogP contribution in [0.25, 0.3) is 0 Å². The second-order valence-electron chi connectivity index (χ2n) is 7.32. The van der Waals surface area contributed by atoms with Gasteiger partial charge in [-0.2, -0.15) is 0 Å². The number of hydrogen-bond donors (Lipinski definition) is 0. The molecule has 0 N–H and O–H groups in total. The molecule has 0 saturated heterocycles. The zero-order valence-corrected chi connectivity index (χ0v) is 17.6. The van der Waals surface area contributed by atoms with Gasteiger partial charge in [-0.25, -0.2) is 0 Å². The molecule has 0 spiro atoms. The first-order chi connectivity index (χ1) is 13.0. The van der Waals surface area contributed by atoms with Crippen LogP contribution in [0.2, 0.25) is 5.02 Å². The Morgan fingerprint density at radius 2 is 1.81 bits per heavy atom. The van der Waals surface area contributed by atoms with Crippen molar-refractivity contribution in [3.63, 3.8) is 0 Å². The van der Waals surface area contributed by atoms with E-state index in [9.17, 15) is 9.59 Å². The van der Waals surface area contributed by atoms with Crippen molar-refractivity contribution >= 4 is 39.1 Å². The lowest BCUT2D eigenvalue weighted by molar-refractivity contribution is -0.124. The maximum absolute atomic E-state index is 13.0. The Bertz CT molecular complexity index is 800. The van der Waals surface area contributed by atoms with Gasteiger partial charge in [-0.15, -0.1) is 0 Å². The second-order valence-corrected chi connectivity index (χ2v) is 8.67. The molecular weight excluding hydrogens is 424 g/mol. The van der Waals surface area contributed by atoms with Crippen LogP contribution in [0.5, 0.6) is 0 Å². The van der Waals surface area contributed by atoms with Crippen LogP contribution in [0.3, 0.4) is 0 Å². The number of rotatable bonds is 5. The molecular formula is C23H24BrClO2. The molecule has 0 radical (unpaired) electrons. The molecule has 1 fully saturated rings. The van der Waals surface area contributed by atoms with Crippen molar-refractivity contribution < 1.29 is 9.59 Å². The molecule has 0 aromatic heterocycles. The summed E-state index contributed by atoms with van der Waals surface area (Å²) in [7, 11) is 0. The highest BCUT2D eigenvalue weighted by Crippen LogP contribution is 2.37. The molecule has 2 aromatic rings. The van der Waals surface area contributed by atoms with Crippen molar-refractivity contribution in [2.75, 3.05) is 0 Å². The summed E-state index contributed by atoms with van der Waals surface area (Å²) in [6, 6.07) is 15.1. The molecule has 0 aliphatic heterocycles. The van der Waals surface area contributed by atoms with Gasteiger partial charge in [0.05, 0.1) is 0 Å². The fourth-order valence-electron chi connectivity index (χ4n) is 3.97. The summed E-state index contributed by atoms with van der Waals surface area (Å²) in [4.78, 5) is 25.9. The van der Waals surface area contributed by atoms with Gasteiger partial charge in [-0.1, -0.05) is 58.9 Å². The van der Waals surface area contributed by atoms with Crippen molar-refractivity contribution in [3.8, 4) is 0 Å². The minimum absolute atomic E-state index is 0.0616. The number of hydrogen-bond acceptors (Lipinski definition) is 2. The monoisotopic (exact) mass is 446 g/mol. The van der Waals surface area contributed by atoms with E-state index < -0.39 is 0 Å². The average Bonchev–Trinajstić information content (AvgIpc) is 2.64. The van der Waals surface area contributed by atoms with Gasteiger partial charge in [0.25, 0.3) is 0 Å². The third-order valence-corrected chi connectivity index (χ3v) is 6.18. The highest BCUT2D eigenvalue weighted by atomic mass is 79.9. The van der Waals surface area contributed by atoms with Crippen molar-refractivity contribution in [1.29, 1.82) is 0 Å². The number of ketones is 2. The lowest BCUT2D eigenvalue weighted by Crippen LogP contribution is -2.26. The Hall–Kier alpha value is -1.45. The predicted molar refractivity (Wildman–Crippen MR) is 113 cm³/mol. The maximum atomic E-state index is 13.0. The molecule has 142 valence electrons. The number of carbonyl (C=O) groups excluding carboxylic acids is 2. The highest BCUT2D eigenvalue weighted by Gasteiger charge is 2.31. The van der Waals surface area contributed by atoms with Crippen LogP contribution in [0.4, 0.5) is 0 Å². The van der Waals surface area contributed by atoms with E-state index in [1.807, 2.05) is 24.3 Å². The van der Waals surface area contributed by atoms with E-state index in [1.54, 1.807) is 24.3 Å². The van der Waals surface area contributed by atoms with Gasteiger partial charge < -0.3 is 0 Å². The smallest absolute Gasteiger partial charge is 0.163 e. The van der Waals surface area contributed by atoms with Gasteiger partial charge in [0, 0.05) is 39.7 Å². The first-order valence-corrected chi connectivity index (χ1v) is 10.8. The molecule has 0 bridgehead atoms. The fraction of sp³-hybridized carbons (Fsp3) is 0.391. The van der Waals surface area contributed by atoms with Gasteiger partial charge in [0.2, 0.25) is 0 Å². The average molecular weight is 448 g/mol. The number of benzene rings is 2. The maximum Gasteiger partial charge on any atom is 0.163 e. The van der Waals surface area contributed by atoms with Gasteiger partial charge in [-0.05, 0) is 54.8 Å². The molecule has 0 unspecified atom stereocenters.